The molecule has 0 spiro atoms. The number of thiophene rings is 1. The van der Waals surface area contributed by atoms with Gasteiger partial charge in [-0.3, -0.25) is 4.90 Å². The molecule has 0 saturated heterocycles. The van der Waals surface area contributed by atoms with Gasteiger partial charge in [-0.05, 0) is 54.2 Å². The SMILES string of the molecule is CC(CNCc1sccc1Br)N(C)C1CC1. The molecule has 0 aliphatic heterocycles. The molecule has 0 bridgehead atoms. The van der Waals surface area contributed by atoms with Crippen LogP contribution in [0.15, 0.2) is 15.9 Å². The van der Waals surface area contributed by atoms with E-state index in [-0.39, 0.29) is 0 Å². The Morgan fingerprint density at radius 3 is 2.94 bits per heavy atom. The molecule has 1 heterocycles. The highest BCUT2D eigenvalue weighted by Gasteiger charge is 2.28. The predicted octanol–water partition coefficient (Wildman–Crippen LogP) is 3.08. The van der Waals surface area contributed by atoms with Crippen molar-refractivity contribution in [3.63, 3.8) is 0 Å². The minimum absolute atomic E-state index is 0.631. The molecular weight excluding hydrogens is 284 g/mol. The first-order valence-corrected chi connectivity index (χ1v) is 7.50. The molecule has 1 unspecified atom stereocenters. The molecule has 0 aromatic carbocycles. The lowest BCUT2D eigenvalue weighted by Crippen LogP contribution is -2.38. The van der Waals surface area contributed by atoms with Gasteiger partial charge >= 0.3 is 0 Å². The van der Waals surface area contributed by atoms with Crippen LogP contribution in [0, 0.1) is 0 Å². The lowest BCUT2D eigenvalue weighted by atomic mass is 10.3. The van der Waals surface area contributed by atoms with Gasteiger partial charge in [0.15, 0.2) is 0 Å². The van der Waals surface area contributed by atoms with Crippen LogP contribution in [-0.4, -0.2) is 30.6 Å². The first kappa shape index (κ1) is 12.6. The van der Waals surface area contributed by atoms with Crippen molar-refractivity contribution in [3.8, 4) is 0 Å². The normalized spacial score (nSPS) is 18.0. The molecule has 2 rings (SSSR count). The van der Waals surface area contributed by atoms with Crippen molar-refractivity contribution in [1.82, 2.24) is 10.2 Å². The minimum atomic E-state index is 0.631. The van der Waals surface area contributed by atoms with Gasteiger partial charge in [0.25, 0.3) is 0 Å². The van der Waals surface area contributed by atoms with Gasteiger partial charge < -0.3 is 5.32 Å². The maximum absolute atomic E-state index is 3.56. The van der Waals surface area contributed by atoms with Gasteiger partial charge in [0.1, 0.15) is 0 Å². The maximum atomic E-state index is 3.56. The van der Waals surface area contributed by atoms with Gasteiger partial charge in [-0.2, -0.15) is 0 Å². The summed E-state index contributed by atoms with van der Waals surface area (Å²) in [5.41, 5.74) is 0. The summed E-state index contributed by atoms with van der Waals surface area (Å²) in [4.78, 5) is 3.89. The molecule has 2 nitrogen and oxygen atoms in total. The Bertz CT molecular complexity index is 336. The van der Waals surface area contributed by atoms with Gasteiger partial charge in [-0.1, -0.05) is 0 Å². The largest absolute Gasteiger partial charge is 0.310 e. The fourth-order valence-electron chi connectivity index (χ4n) is 1.83. The minimum Gasteiger partial charge on any atom is -0.310 e. The van der Waals surface area contributed by atoms with Crippen LogP contribution < -0.4 is 5.32 Å². The highest BCUT2D eigenvalue weighted by molar-refractivity contribution is 9.10. The molecule has 1 aliphatic rings. The maximum Gasteiger partial charge on any atom is 0.0327 e. The molecule has 1 aliphatic carbocycles. The van der Waals surface area contributed by atoms with E-state index in [2.05, 4.69) is 51.6 Å². The number of nitrogens with zero attached hydrogens (tertiary/aromatic N) is 1. The van der Waals surface area contributed by atoms with Gasteiger partial charge in [0.2, 0.25) is 0 Å². The second-order valence-electron chi connectivity index (χ2n) is 4.57. The van der Waals surface area contributed by atoms with Crippen LogP contribution in [0.25, 0.3) is 0 Å². The summed E-state index contributed by atoms with van der Waals surface area (Å²) < 4.78 is 1.23. The van der Waals surface area contributed by atoms with Crippen molar-refractivity contribution in [2.24, 2.45) is 0 Å². The Balaban J connectivity index is 1.69. The lowest BCUT2D eigenvalue weighted by molar-refractivity contribution is 0.241. The first-order chi connectivity index (χ1) is 7.68. The summed E-state index contributed by atoms with van der Waals surface area (Å²) in [6.45, 7) is 4.34. The van der Waals surface area contributed by atoms with E-state index >= 15 is 0 Å². The average molecular weight is 303 g/mol. The summed E-state index contributed by atoms with van der Waals surface area (Å²) in [5, 5.41) is 5.66. The molecule has 16 heavy (non-hydrogen) atoms. The fourth-order valence-corrected chi connectivity index (χ4v) is 3.29. The molecular formula is C12H19BrN2S. The Morgan fingerprint density at radius 1 is 1.62 bits per heavy atom. The zero-order valence-corrected chi connectivity index (χ0v) is 12.3. The number of hydrogen-bond donors (Lipinski definition) is 1. The van der Waals surface area contributed by atoms with E-state index in [1.165, 1.54) is 22.2 Å². The molecule has 1 saturated carbocycles. The molecule has 0 radical (unpaired) electrons. The lowest BCUT2D eigenvalue weighted by Gasteiger charge is -2.24. The van der Waals surface area contributed by atoms with Crippen LogP contribution in [0.5, 0.6) is 0 Å². The predicted molar refractivity (Wildman–Crippen MR) is 74.0 cm³/mol. The molecule has 90 valence electrons. The third-order valence-corrected chi connectivity index (χ3v) is 5.16. The second-order valence-corrected chi connectivity index (χ2v) is 6.42. The van der Waals surface area contributed by atoms with Crippen molar-refractivity contribution < 1.29 is 0 Å². The van der Waals surface area contributed by atoms with Gasteiger partial charge in [-0.25, -0.2) is 0 Å². The highest BCUT2D eigenvalue weighted by atomic mass is 79.9. The number of nitrogens with one attached hydrogen (secondary N) is 1. The Morgan fingerprint density at radius 2 is 2.38 bits per heavy atom. The molecule has 1 aromatic rings. The third kappa shape index (κ3) is 3.29. The highest BCUT2D eigenvalue weighted by Crippen LogP contribution is 2.27. The molecule has 1 N–H and O–H groups in total. The van der Waals surface area contributed by atoms with Crippen LogP contribution >= 0.6 is 27.3 Å². The van der Waals surface area contributed by atoms with E-state index in [9.17, 15) is 0 Å². The Kier molecular flexibility index (Phi) is 4.41. The summed E-state index contributed by atoms with van der Waals surface area (Å²) >= 11 is 5.36. The van der Waals surface area contributed by atoms with E-state index in [1.54, 1.807) is 11.3 Å². The molecule has 0 amide bonds. The number of halogens is 1. The Hall–Kier alpha value is 0.1000. The summed E-state index contributed by atoms with van der Waals surface area (Å²) in [6, 6.07) is 3.60. The van der Waals surface area contributed by atoms with E-state index in [1.807, 2.05) is 0 Å². The van der Waals surface area contributed by atoms with E-state index in [0.717, 1.165) is 19.1 Å². The number of rotatable bonds is 6. The quantitative estimate of drug-likeness (QED) is 0.869. The van der Waals surface area contributed by atoms with E-state index in [4.69, 9.17) is 0 Å². The average Bonchev–Trinajstić information content (AvgIpc) is 3.03. The zero-order valence-electron chi connectivity index (χ0n) is 9.87. The smallest absolute Gasteiger partial charge is 0.0327 e. The standard InChI is InChI=1S/C12H19BrN2S/c1-9(15(2)10-3-4-10)7-14-8-12-11(13)5-6-16-12/h5-6,9-10,14H,3-4,7-8H2,1-2H3. The van der Waals surface area contributed by atoms with Crippen LogP contribution in [0.3, 0.4) is 0 Å². The van der Waals surface area contributed by atoms with Crippen molar-refractivity contribution in [2.45, 2.75) is 38.4 Å². The van der Waals surface area contributed by atoms with Crippen molar-refractivity contribution >= 4 is 27.3 Å². The molecule has 1 fully saturated rings. The van der Waals surface area contributed by atoms with Crippen LogP contribution in [0.2, 0.25) is 0 Å². The van der Waals surface area contributed by atoms with Crippen molar-refractivity contribution in [2.75, 3.05) is 13.6 Å². The molecule has 1 atom stereocenters. The number of hydrogen-bond acceptors (Lipinski definition) is 3. The van der Waals surface area contributed by atoms with Gasteiger partial charge in [-0.15, -0.1) is 11.3 Å². The Labute approximate surface area is 110 Å². The third-order valence-electron chi connectivity index (χ3n) is 3.23. The fraction of sp³-hybridized carbons (Fsp3) is 0.667. The van der Waals surface area contributed by atoms with E-state index in [0.29, 0.717) is 6.04 Å². The first-order valence-electron chi connectivity index (χ1n) is 5.83. The van der Waals surface area contributed by atoms with Gasteiger partial charge in [0, 0.05) is 34.5 Å². The van der Waals surface area contributed by atoms with E-state index < -0.39 is 0 Å². The van der Waals surface area contributed by atoms with Crippen LogP contribution in [0.1, 0.15) is 24.6 Å². The summed E-state index contributed by atoms with van der Waals surface area (Å²) in [5.74, 6) is 0. The second kappa shape index (κ2) is 5.63. The summed E-state index contributed by atoms with van der Waals surface area (Å²) in [7, 11) is 2.24. The number of likely N-dealkylation sites (N-methyl/N-ethyl adjacent to an activating group) is 1. The van der Waals surface area contributed by atoms with Crippen molar-refractivity contribution in [1.29, 1.82) is 0 Å². The van der Waals surface area contributed by atoms with Gasteiger partial charge in [0.05, 0.1) is 0 Å². The molecule has 1 aromatic heterocycles. The van der Waals surface area contributed by atoms with Crippen molar-refractivity contribution in [3.05, 3.63) is 20.8 Å². The van der Waals surface area contributed by atoms with Crippen LogP contribution in [0.4, 0.5) is 0 Å². The molecule has 4 heteroatoms. The summed E-state index contributed by atoms with van der Waals surface area (Å²) in [6.07, 6.45) is 2.77. The topological polar surface area (TPSA) is 15.3 Å². The monoisotopic (exact) mass is 302 g/mol. The zero-order chi connectivity index (χ0) is 11.5. The van der Waals surface area contributed by atoms with Crippen LogP contribution in [-0.2, 0) is 6.54 Å².